The first-order valence-corrected chi connectivity index (χ1v) is 7.80. The van der Waals surface area contributed by atoms with Gasteiger partial charge in [-0.05, 0) is 29.5 Å². The van der Waals surface area contributed by atoms with Crippen LogP contribution in [0.25, 0.3) is 0 Å². The van der Waals surface area contributed by atoms with E-state index in [1.54, 1.807) is 0 Å². The lowest BCUT2D eigenvalue weighted by Gasteiger charge is -2.23. The minimum Gasteiger partial charge on any atom is -0.439 e. The van der Waals surface area contributed by atoms with Crippen LogP contribution >= 0.6 is 11.6 Å². The second kappa shape index (κ2) is 6.48. The standard InChI is InChI=1S/C18H22ClNO/c1-5-13-9-10-16(15(11-13)18(2,3)4)21-17-8-6-7-14(12-19)20-17/h6-11H,5,12H2,1-4H3. The van der Waals surface area contributed by atoms with Gasteiger partial charge in [0.1, 0.15) is 5.75 Å². The number of nitrogens with zero attached hydrogens (tertiary/aromatic N) is 1. The smallest absolute Gasteiger partial charge is 0.219 e. The summed E-state index contributed by atoms with van der Waals surface area (Å²) in [5, 5.41) is 0. The molecule has 21 heavy (non-hydrogen) atoms. The van der Waals surface area contributed by atoms with Crippen molar-refractivity contribution in [3.05, 3.63) is 53.2 Å². The molecular weight excluding hydrogens is 282 g/mol. The average Bonchev–Trinajstić information content (AvgIpc) is 2.46. The van der Waals surface area contributed by atoms with Gasteiger partial charge in [0, 0.05) is 11.6 Å². The van der Waals surface area contributed by atoms with Crippen molar-refractivity contribution in [1.82, 2.24) is 4.98 Å². The third-order valence-electron chi connectivity index (χ3n) is 3.39. The van der Waals surface area contributed by atoms with Gasteiger partial charge in [-0.15, -0.1) is 11.6 Å². The molecule has 0 amide bonds. The van der Waals surface area contributed by atoms with E-state index in [-0.39, 0.29) is 5.41 Å². The van der Waals surface area contributed by atoms with Crippen LogP contribution in [0.5, 0.6) is 11.6 Å². The Labute approximate surface area is 132 Å². The lowest BCUT2D eigenvalue weighted by Crippen LogP contribution is -2.13. The number of hydrogen-bond acceptors (Lipinski definition) is 2. The zero-order chi connectivity index (χ0) is 15.5. The Bertz CT molecular complexity index is 617. The maximum atomic E-state index is 6.01. The molecule has 0 spiro atoms. The van der Waals surface area contributed by atoms with Crippen molar-refractivity contribution in [2.45, 2.75) is 45.4 Å². The van der Waals surface area contributed by atoms with Crippen molar-refractivity contribution in [2.24, 2.45) is 0 Å². The lowest BCUT2D eigenvalue weighted by atomic mass is 9.85. The van der Waals surface area contributed by atoms with Gasteiger partial charge >= 0.3 is 0 Å². The summed E-state index contributed by atoms with van der Waals surface area (Å²) in [6.07, 6.45) is 1.02. The molecule has 2 rings (SSSR count). The van der Waals surface area contributed by atoms with Gasteiger partial charge in [0.25, 0.3) is 0 Å². The summed E-state index contributed by atoms with van der Waals surface area (Å²) in [4.78, 5) is 4.40. The highest BCUT2D eigenvalue weighted by Gasteiger charge is 2.20. The van der Waals surface area contributed by atoms with Gasteiger partial charge in [0.15, 0.2) is 0 Å². The van der Waals surface area contributed by atoms with Crippen molar-refractivity contribution in [3.8, 4) is 11.6 Å². The third kappa shape index (κ3) is 3.98. The molecule has 0 bridgehead atoms. The summed E-state index contributed by atoms with van der Waals surface area (Å²) in [7, 11) is 0. The van der Waals surface area contributed by atoms with Crippen LogP contribution in [0.15, 0.2) is 36.4 Å². The summed E-state index contributed by atoms with van der Waals surface area (Å²) < 4.78 is 6.01. The van der Waals surface area contributed by atoms with E-state index in [0.717, 1.165) is 17.9 Å². The molecule has 0 fully saturated rings. The molecule has 0 radical (unpaired) electrons. The van der Waals surface area contributed by atoms with Crippen molar-refractivity contribution < 1.29 is 4.74 Å². The van der Waals surface area contributed by atoms with E-state index >= 15 is 0 Å². The summed E-state index contributed by atoms with van der Waals surface area (Å²) in [5.74, 6) is 1.83. The van der Waals surface area contributed by atoms with E-state index in [1.165, 1.54) is 11.1 Å². The van der Waals surface area contributed by atoms with Crippen molar-refractivity contribution >= 4 is 11.6 Å². The number of alkyl halides is 1. The van der Waals surface area contributed by atoms with Crippen LogP contribution in [0.4, 0.5) is 0 Å². The Morgan fingerprint density at radius 3 is 2.52 bits per heavy atom. The first-order chi connectivity index (χ1) is 9.94. The Kier molecular flexibility index (Phi) is 4.89. The molecule has 112 valence electrons. The van der Waals surface area contributed by atoms with Gasteiger partial charge in [-0.2, -0.15) is 0 Å². The highest BCUT2D eigenvalue weighted by molar-refractivity contribution is 6.16. The number of halogens is 1. The maximum absolute atomic E-state index is 6.01. The Balaban J connectivity index is 2.39. The van der Waals surface area contributed by atoms with Crippen molar-refractivity contribution in [2.75, 3.05) is 0 Å². The molecule has 2 aromatic rings. The predicted molar refractivity (Wildman–Crippen MR) is 88.4 cm³/mol. The lowest BCUT2D eigenvalue weighted by molar-refractivity contribution is 0.438. The Hall–Kier alpha value is -1.54. The molecule has 3 heteroatoms. The molecule has 0 aliphatic heterocycles. The number of ether oxygens (including phenoxy) is 1. The second-order valence-electron chi connectivity index (χ2n) is 6.14. The highest BCUT2D eigenvalue weighted by Crippen LogP contribution is 2.34. The SMILES string of the molecule is CCc1ccc(Oc2cccc(CCl)n2)c(C(C)(C)C)c1. The topological polar surface area (TPSA) is 22.1 Å². The third-order valence-corrected chi connectivity index (χ3v) is 3.67. The summed E-state index contributed by atoms with van der Waals surface area (Å²) in [5.41, 5.74) is 3.34. The Morgan fingerprint density at radius 1 is 1.14 bits per heavy atom. The molecule has 0 aliphatic carbocycles. The summed E-state index contributed by atoms with van der Waals surface area (Å²) in [6.45, 7) is 8.74. The predicted octanol–water partition coefficient (Wildman–Crippen LogP) is 5.47. The van der Waals surface area contributed by atoms with E-state index in [0.29, 0.717) is 11.8 Å². The molecule has 0 aliphatic rings. The molecule has 0 atom stereocenters. The number of benzene rings is 1. The van der Waals surface area contributed by atoms with Gasteiger partial charge in [-0.1, -0.05) is 45.9 Å². The fourth-order valence-corrected chi connectivity index (χ4v) is 2.32. The summed E-state index contributed by atoms with van der Waals surface area (Å²) in [6, 6.07) is 12.0. The monoisotopic (exact) mass is 303 g/mol. The zero-order valence-electron chi connectivity index (χ0n) is 13.1. The van der Waals surface area contributed by atoms with Crippen LogP contribution in [0.1, 0.15) is 44.5 Å². The minimum atomic E-state index is 0.0185. The molecule has 1 aromatic carbocycles. The molecule has 0 saturated carbocycles. The van der Waals surface area contributed by atoms with Crippen LogP contribution in [0.3, 0.4) is 0 Å². The molecular formula is C18H22ClNO. The van der Waals surface area contributed by atoms with Crippen LogP contribution in [-0.2, 0) is 17.7 Å². The molecule has 2 nitrogen and oxygen atoms in total. The first-order valence-electron chi connectivity index (χ1n) is 7.27. The zero-order valence-corrected chi connectivity index (χ0v) is 13.9. The quantitative estimate of drug-likeness (QED) is 0.698. The van der Waals surface area contributed by atoms with Gasteiger partial charge in [0.2, 0.25) is 5.88 Å². The number of aryl methyl sites for hydroxylation is 1. The molecule has 0 N–H and O–H groups in total. The molecule has 1 aromatic heterocycles. The van der Waals surface area contributed by atoms with E-state index in [9.17, 15) is 0 Å². The molecule has 0 unspecified atom stereocenters. The van der Waals surface area contributed by atoms with Crippen molar-refractivity contribution in [3.63, 3.8) is 0 Å². The molecule has 0 saturated heterocycles. The van der Waals surface area contributed by atoms with Crippen LogP contribution in [-0.4, -0.2) is 4.98 Å². The van der Waals surface area contributed by atoms with Gasteiger partial charge in [-0.25, -0.2) is 4.98 Å². The second-order valence-corrected chi connectivity index (χ2v) is 6.40. The summed E-state index contributed by atoms with van der Waals surface area (Å²) >= 11 is 5.83. The average molecular weight is 304 g/mol. The van der Waals surface area contributed by atoms with E-state index in [2.05, 4.69) is 44.8 Å². The minimum absolute atomic E-state index is 0.0185. The Morgan fingerprint density at radius 2 is 1.90 bits per heavy atom. The van der Waals surface area contributed by atoms with Gasteiger partial charge in [-0.3, -0.25) is 0 Å². The van der Waals surface area contributed by atoms with E-state index in [1.807, 2.05) is 24.3 Å². The van der Waals surface area contributed by atoms with E-state index < -0.39 is 0 Å². The first kappa shape index (κ1) is 15.8. The number of pyridine rings is 1. The number of aromatic nitrogens is 1. The largest absolute Gasteiger partial charge is 0.439 e. The molecule has 1 heterocycles. The van der Waals surface area contributed by atoms with Crippen LogP contribution in [0.2, 0.25) is 0 Å². The van der Waals surface area contributed by atoms with E-state index in [4.69, 9.17) is 16.3 Å². The number of hydrogen-bond donors (Lipinski definition) is 0. The van der Waals surface area contributed by atoms with Crippen LogP contribution < -0.4 is 4.74 Å². The normalized spacial score (nSPS) is 11.5. The van der Waals surface area contributed by atoms with Gasteiger partial charge in [0.05, 0.1) is 11.6 Å². The fourth-order valence-electron chi connectivity index (χ4n) is 2.17. The van der Waals surface area contributed by atoms with Crippen molar-refractivity contribution in [1.29, 1.82) is 0 Å². The fraction of sp³-hybridized carbons (Fsp3) is 0.389. The van der Waals surface area contributed by atoms with Gasteiger partial charge < -0.3 is 4.74 Å². The van der Waals surface area contributed by atoms with Crippen LogP contribution in [0, 0.1) is 0 Å². The highest BCUT2D eigenvalue weighted by atomic mass is 35.5. The maximum Gasteiger partial charge on any atom is 0.219 e. The number of rotatable bonds is 4.